The van der Waals surface area contributed by atoms with Gasteiger partial charge in [0.25, 0.3) is 0 Å². The van der Waals surface area contributed by atoms with Gasteiger partial charge in [0.15, 0.2) is 5.82 Å². The maximum absolute atomic E-state index is 12.9. The van der Waals surface area contributed by atoms with Gasteiger partial charge in [0.1, 0.15) is 10.7 Å². The van der Waals surface area contributed by atoms with E-state index in [-0.39, 0.29) is 24.2 Å². The highest BCUT2D eigenvalue weighted by Crippen LogP contribution is 2.42. The molecule has 1 saturated heterocycles. The average molecular weight is 487 g/mol. The van der Waals surface area contributed by atoms with Gasteiger partial charge in [-0.05, 0) is 56.9 Å². The Bertz CT molecular complexity index is 1130. The molecule has 0 spiro atoms. The summed E-state index contributed by atoms with van der Waals surface area (Å²) in [6.07, 6.45) is 13.0. The van der Waals surface area contributed by atoms with Gasteiger partial charge in [0.2, 0.25) is 5.95 Å². The minimum absolute atomic E-state index is 0.0515. The molecule has 10 heteroatoms. The summed E-state index contributed by atoms with van der Waals surface area (Å²) in [4.78, 5) is 21.8. The van der Waals surface area contributed by atoms with Gasteiger partial charge < -0.3 is 15.3 Å². The molecular formula is C23H27ClN6O2S. The number of rotatable bonds is 5. The summed E-state index contributed by atoms with van der Waals surface area (Å²) in [5.74, 6) is 2.72. The highest BCUT2D eigenvalue weighted by Gasteiger charge is 2.42. The average Bonchev–Trinajstić information content (AvgIpc) is 3.06. The summed E-state index contributed by atoms with van der Waals surface area (Å²) >= 11 is 5.96. The molecule has 8 nitrogen and oxygen atoms in total. The van der Waals surface area contributed by atoms with Crippen molar-refractivity contribution in [3.05, 3.63) is 35.0 Å². The molecule has 0 amide bonds. The monoisotopic (exact) mass is 486 g/mol. The number of aryl methyl sites for hydroxylation is 1. The molecule has 3 aliphatic heterocycles. The first-order valence-corrected chi connectivity index (χ1v) is 13.4. The van der Waals surface area contributed by atoms with E-state index < -0.39 is 10.8 Å². The van der Waals surface area contributed by atoms with Crippen molar-refractivity contribution in [1.29, 1.82) is 0 Å². The molecule has 1 aliphatic carbocycles. The smallest absolute Gasteiger partial charge is 0.228 e. The maximum atomic E-state index is 12.9. The van der Waals surface area contributed by atoms with Crippen LogP contribution in [0.4, 0.5) is 11.8 Å². The fraction of sp³-hybridized carbons (Fsp3) is 0.565. The number of aliphatic hydroxyl groups is 1. The predicted octanol–water partition coefficient (Wildman–Crippen LogP) is 3.13. The van der Waals surface area contributed by atoms with Crippen molar-refractivity contribution in [2.45, 2.75) is 73.9 Å². The van der Waals surface area contributed by atoms with Crippen LogP contribution in [0.25, 0.3) is 5.57 Å². The molecule has 2 fully saturated rings. The summed E-state index contributed by atoms with van der Waals surface area (Å²) in [6.45, 7) is 0.0515. The largest absolute Gasteiger partial charge is 0.394 e. The van der Waals surface area contributed by atoms with Crippen LogP contribution >= 0.6 is 11.6 Å². The Morgan fingerprint density at radius 1 is 1.21 bits per heavy atom. The van der Waals surface area contributed by atoms with Gasteiger partial charge in [-0.2, -0.15) is 4.98 Å². The third-order valence-corrected chi connectivity index (χ3v) is 9.16. The van der Waals surface area contributed by atoms with Crippen LogP contribution < -0.4 is 10.2 Å². The molecule has 2 aromatic rings. The van der Waals surface area contributed by atoms with Crippen LogP contribution in [0, 0.1) is 0 Å². The van der Waals surface area contributed by atoms with Crippen molar-refractivity contribution in [3.63, 3.8) is 0 Å². The van der Waals surface area contributed by atoms with E-state index in [0.29, 0.717) is 22.5 Å². The van der Waals surface area contributed by atoms with Crippen LogP contribution in [-0.4, -0.2) is 59.2 Å². The normalized spacial score (nSPS) is 27.5. The van der Waals surface area contributed by atoms with Gasteiger partial charge in [0.05, 0.1) is 39.7 Å². The van der Waals surface area contributed by atoms with E-state index in [2.05, 4.69) is 26.3 Å². The molecule has 2 aromatic heterocycles. The Morgan fingerprint density at radius 3 is 2.73 bits per heavy atom. The number of nitrogens with one attached hydrogen (secondary N) is 1. The van der Waals surface area contributed by atoms with Crippen LogP contribution in [0.1, 0.15) is 56.5 Å². The Labute approximate surface area is 200 Å². The topological polar surface area (TPSA) is 104 Å². The van der Waals surface area contributed by atoms with Crippen molar-refractivity contribution in [1.82, 2.24) is 19.9 Å². The number of aromatic nitrogens is 4. The summed E-state index contributed by atoms with van der Waals surface area (Å²) in [5, 5.41) is 14.0. The van der Waals surface area contributed by atoms with E-state index in [0.717, 1.165) is 73.4 Å². The number of hydrogen-bond acceptors (Lipinski definition) is 8. The van der Waals surface area contributed by atoms with Gasteiger partial charge in [-0.15, -0.1) is 0 Å². The third-order valence-electron chi connectivity index (χ3n) is 7.43. The van der Waals surface area contributed by atoms with E-state index in [9.17, 15) is 9.32 Å². The number of aliphatic hydroxyl groups excluding tert-OH is 1. The molecule has 0 aromatic carbocycles. The highest BCUT2D eigenvalue weighted by atomic mass is 35.5. The Hall–Kier alpha value is -2.10. The van der Waals surface area contributed by atoms with Crippen molar-refractivity contribution in [2.24, 2.45) is 0 Å². The van der Waals surface area contributed by atoms with E-state index >= 15 is 0 Å². The van der Waals surface area contributed by atoms with Crippen LogP contribution in [0.5, 0.6) is 0 Å². The molecule has 5 heterocycles. The number of fused-ring (bicyclic) bond motifs is 3. The zero-order valence-corrected chi connectivity index (χ0v) is 19.9. The van der Waals surface area contributed by atoms with Gasteiger partial charge in [0, 0.05) is 24.2 Å². The van der Waals surface area contributed by atoms with Crippen LogP contribution in [0.2, 0.25) is 5.02 Å². The molecule has 2 N–H and O–H groups in total. The Morgan fingerprint density at radius 2 is 2.03 bits per heavy atom. The molecule has 6 rings (SSSR count). The van der Waals surface area contributed by atoms with E-state index in [1.165, 1.54) is 0 Å². The lowest BCUT2D eigenvalue weighted by molar-refractivity contribution is 0.143. The molecule has 174 valence electrons. The minimum Gasteiger partial charge on any atom is -0.394 e. The molecule has 33 heavy (non-hydrogen) atoms. The first kappa shape index (κ1) is 21.4. The second kappa shape index (κ2) is 8.29. The molecule has 3 unspecified atom stereocenters. The van der Waals surface area contributed by atoms with Crippen LogP contribution in [0.15, 0.2) is 23.4 Å². The molecule has 4 aliphatic rings. The van der Waals surface area contributed by atoms with Crippen molar-refractivity contribution in [3.8, 4) is 0 Å². The molecule has 1 saturated carbocycles. The second-order valence-electron chi connectivity index (χ2n) is 9.54. The number of anilines is 2. The number of nitrogens with zero attached hydrogens (tertiary/aromatic N) is 5. The predicted molar refractivity (Wildman–Crippen MR) is 128 cm³/mol. The van der Waals surface area contributed by atoms with Crippen molar-refractivity contribution >= 4 is 39.7 Å². The summed E-state index contributed by atoms with van der Waals surface area (Å²) < 4.78 is 12.9. The van der Waals surface area contributed by atoms with Gasteiger partial charge in [-0.25, -0.2) is 15.0 Å². The van der Waals surface area contributed by atoms with Crippen LogP contribution in [0.3, 0.4) is 0 Å². The van der Waals surface area contributed by atoms with E-state index in [1.807, 2.05) is 0 Å². The summed E-state index contributed by atoms with van der Waals surface area (Å²) in [5.41, 5.74) is 1.66. The maximum Gasteiger partial charge on any atom is 0.228 e. The number of hydrogen-bond donors (Lipinski definition) is 2. The number of halogens is 1. The van der Waals surface area contributed by atoms with Crippen LogP contribution in [-0.2, 0) is 17.2 Å². The van der Waals surface area contributed by atoms with Gasteiger partial charge >= 0.3 is 0 Å². The lowest BCUT2D eigenvalue weighted by Crippen LogP contribution is -2.49. The Balaban J connectivity index is 1.37. The fourth-order valence-electron chi connectivity index (χ4n) is 5.53. The summed E-state index contributed by atoms with van der Waals surface area (Å²) in [6, 6.07) is 0.443. The SMILES string of the molecule is O=S1CCCc2nc(N3C4C=C(c5ncc(Cl)cn5)CC3CC4)nc(NC3(CO)CCC3)c21. The quantitative estimate of drug-likeness (QED) is 0.664. The lowest BCUT2D eigenvalue weighted by atomic mass is 9.77. The zero-order valence-electron chi connectivity index (χ0n) is 18.3. The van der Waals surface area contributed by atoms with Crippen molar-refractivity contribution in [2.75, 3.05) is 22.6 Å². The molecule has 3 atom stereocenters. The van der Waals surface area contributed by atoms with Gasteiger partial charge in [-0.3, -0.25) is 4.21 Å². The van der Waals surface area contributed by atoms with E-state index in [1.54, 1.807) is 12.4 Å². The van der Waals surface area contributed by atoms with E-state index in [4.69, 9.17) is 21.6 Å². The highest BCUT2D eigenvalue weighted by molar-refractivity contribution is 7.85. The standard InChI is InChI=1S/C23H27ClN6O2S/c24-15-11-25-20(26-12-15)14-9-16-4-5-17(10-14)30(16)22-27-18-3-1-8-33(32)19(18)21(28-22)29-23(13-31)6-2-7-23/h9,11-12,16-17,31H,1-8,10,13H2,(H,27,28,29). The lowest BCUT2D eigenvalue weighted by Gasteiger charge is -2.42. The summed E-state index contributed by atoms with van der Waals surface area (Å²) in [7, 11) is -1.12. The minimum atomic E-state index is -1.12. The first-order chi connectivity index (χ1) is 16.0. The van der Waals surface area contributed by atoms with Crippen molar-refractivity contribution < 1.29 is 9.32 Å². The molecule has 2 bridgehead atoms. The zero-order chi connectivity index (χ0) is 22.6. The second-order valence-corrected chi connectivity index (χ2v) is 11.5. The first-order valence-electron chi connectivity index (χ1n) is 11.7. The Kier molecular flexibility index (Phi) is 5.38. The molecule has 0 radical (unpaired) electrons. The third kappa shape index (κ3) is 3.74. The fourth-order valence-corrected chi connectivity index (χ4v) is 6.96. The van der Waals surface area contributed by atoms with Gasteiger partial charge in [-0.1, -0.05) is 17.7 Å². The molecular weight excluding hydrogens is 460 g/mol.